The highest BCUT2D eigenvalue weighted by atomic mass is 16.6. The number of epoxide rings is 1. The molecule has 10 heteroatoms. The van der Waals surface area contributed by atoms with Crippen molar-refractivity contribution < 1.29 is 28.6 Å². The number of methoxy groups -OCH3 is 2. The van der Waals surface area contributed by atoms with E-state index >= 15 is 0 Å². The van der Waals surface area contributed by atoms with E-state index in [-0.39, 0.29) is 30.3 Å². The summed E-state index contributed by atoms with van der Waals surface area (Å²) in [7, 11) is 2.96. The molecule has 1 saturated heterocycles. The van der Waals surface area contributed by atoms with Gasteiger partial charge < -0.3 is 24.8 Å². The Kier molecular flexibility index (Phi) is 8.32. The van der Waals surface area contributed by atoms with Crippen molar-refractivity contribution in [2.24, 2.45) is 0 Å². The second-order valence-corrected chi connectivity index (χ2v) is 9.14. The van der Waals surface area contributed by atoms with Gasteiger partial charge in [0.25, 0.3) is 5.91 Å². The molecule has 0 aliphatic carbocycles. The van der Waals surface area contributed by atoms with E-state index < -0.39 is 29.5 Å². The number of carbonyl (C=O) groups is 3. The van der Waals surface area contributed by atoms with E-state index in [0.717, 1.165) is 11.1 Å². The molecule has 4 rings (SSSR count). The van der Waals surface area contributed by atoms with Gasteiger partial charge in [0.2, 0.25) is 5.91 Å². The number of benzene rings is 2. The van der Waals surface area contributed by atoms with E-state index in [2.05, 4.69) is 20.6 Å². The second-order valence-electron chi connectivity index (χ2n) is 9.14. The Morgan fingerprint density at radius 3 is 2.21 bits per heavy atom. The van der Waals surface area contributed by atoms with Crippen LogP contribution in [0.15, 0.2) is 66.9 Å². The van der Waals surface area contributed by atoms with E-state index in [1.54, 1.807) is 26.2 Å². The summed E-state index contributed by atoms with van der Waals surface area (Å²) in [6.45, 7) is 2.01. The van der Waals surface area contributed by atoms with Crippen LogP contribution in [-0.2, 0) is 27.2 Å². The van der Waals surface area contributed by atoms with Crippen LogP contribution in [0.1, 0.15) is 28.5 Å². The lowest BCUT2D eigenvalue weighted by Gasteiger charge is -2.24. The minimum Gasteiger partial charge on any atom is -0.497 e. The lowest BCUT2D eigenvalue weighted by atomic mass is 9.94. The van der Waals surface area contributed by atoms with E-state index in [9.17, 15) is 14.4 Å². The molecule has 10 nitrogen and oxygen atoms in total. The monoisotopic (exact) mass is 518 g/mol. The minimum absolute atomic E-state index is 0.0278. The average Bonchev–Trinajstić information content (AvgIpc) is 3.71. The van der Waals surface area contributed by atoms with Crippen molar-refractivity contribution in [1.82, 2.24) is 20.6 Å². The highest BCUT2D eigenvalue weighted by Crippen LogP contribution is 2.29. The van der Waals surface area contributed by atoms with Gasteiger partial charge in [0, 0.05) is 12.6 Å². The predicted octanol–water partition coefficient (Wildman–Crippen LogP) is 1.92. The summed E-state index contributed by atoms with van der Waals surface area (Å²) in [5, 5.41) is 5.62. The molecule has 3 atom stereocenters. The molecule has 0 radical (unpaired) electrons. The topological polar surface area (TPSA) is 132 Å². The van der Waals surface area contributed by atoms with E-state index in [4.69, 9.17) is 14.2 Å². The molecule has 0 spiro atoms. The van der Waals surface area contributed by atoms with Crippen molar-refractivity contribution in [2.75, 3.05) is 20.8 Å². The largest absolute Gasteiger partial charge is 0.497 e. The van der Waals surface area contributed by atoms with E-state index in [1.807, 2.05) is 42.5 Å². The van der Waals surface area contributed by atoms with Gasteiger partial charge in [0.1, 0.15) is 23.1 Å². The Balaban J connectivity index is 1.57. The molecular formula is C28H30N4O6. The molecule has 3 unspecified atom stereocenters. The molecule has 198 valence electrons. The minimum atomic E-state index is -1.00. The number of nitrogens with zero attached hydrogens (tertiary/aromatic N) is 2. The zero-order valence-electron chi connectivity index (χ0n) is 21.5. The van der Waals surface area contributed by atoms with Crippen LogP contribution in [0.25, 0.3) is 0 Å². The van der Waals surface area contributed by atoms with Crippen molar-refractivity contribution in [3.05, 3.63) is 83.7 Å². The lowest BCUT2D eigenvalue weighted by Crippen LogP contribution is -2.55. The fourth-order valence-corrected chi connectivity index (χ4v) is 3.95. The van der Waals surface area contributed by atoms with Crippen molar-refractivity contribution in [3.63, 3.8) is 0 Å². The van der Waals surface area contributed by atoms with Gasteiger partial charge in [-0.05, 0) is 42.7 Å². The quantitative estimate of drug-likeness (QED) is 0.348. The first-order valence-electron chi connectivity index (χ1n) is 12.1. The van der Waals surface area contributed by atoms with Crippen LogP contribution >= 0.6 is 0 Å². The molecule has 1 fully saturated rings. The van der Waals surface area contributed by atoms with Crippen LogP contribution in [0.2, 0.25) is 0 Å². The number of rotatable bonds is 12. The van der Waals surface area contributed by atoms with E-state index in [0.29, 0.717) is 12.4 Å². The Morgan fingerprint density at radius 1 is 0.921 bits per heavy atom. The fraction of sp³-hybridized carbons (Fsp3) is 0.321. The van der Waals surface area contributed by atoms with Gasteiger partial charge in [0.05, 0.1) is 26.9 Å². The van der Waals surface area contributed by atoms with Crippen LogP contribution in [0.3, 0.4) is 0 Å². The molecule has 0 saturated carbocycles. The third-order valence-corrected chi connectivity index (χ3v) is 6.28. The maximum absolute atomic E-state index is 13.6. The molecule has 38 heavy (non-hydrogen) atoms. The molecular weight excluding hydrogens is 488 g/mol. The van der Waals surface area contributed by atoms with Crippen molar-refractivity contribution in [3.8, 4) is 11.8 Å². The van der Waals surface area contributed by atoms with Crippen molar-refractivity contribution in [2.45, 2.75) is 37.5 Å². The van der Waals surface area contributed by atoms with Crippen LogP contribution in [-0.4, -0.2) is 66.1 Å². The number of hydrogen-bond acceptors (Lipinski definition) is 8. The van der Waals surface area contributed by atoms with Gasteiger partial charge in [-0.25, -0.2) is 4.98 Å². The Labute approximate surface area is 220 Å². The molecule has 0 bridgehead atoms. The molecule has 2 aromatic carbocycles. The fourth-order valence-electron chi connectivity index (χ4n) is 3.95. The zero-order valence-corrected chi connectivity index (χ0v) is 21.5. The summed E-state index contributed by atoms with van der Waals surface area (Å²) in [6.07, 6.45) is 1.85. The number of amides is 2. The Hall–Kier alpha value is -4.31. The third-order valence-electron chi connectivity index (χ3n) is 6.28. The number of ether oxygens (including phenoxy) is 3. The number of aromatic nitrogens is 2. The molecule has 1 aliphatic rings. The summed E-state index contributed by atoms with van der Waals surface area (Å²) in [5.74, 6) is -0.640. The van der Waals surface area contributed by atoms with Gasteiger partial charge in [-0.15, -0.1) is 0 Å². The number of nitrogens with one attached hydrogen (secondary N) is 2. The summed E-state index contributed by atoms with van der Waals surface area (Å²) in [5.41, 5.74) is 0.785. The van der Waals surface area contributed by atoms with Crippen molar-refractivity contribution >= 4 is 17.6 Å². The number of Topliss-reactive ketones (excluding diaryl/α,β-unsaturated/α-hetero) is 1. The lowest BCUT2D eigenvalue weighted by molar-refractivity contribution is -0.131. The van der Waals surface area contributed by atoms with Gasteiger partial charge in [-0.3, -0.25) is 14.4 Å². The molecule has 1 aliphatic heterocycles. The Morgan fingerprint density at radius 2 is 1.58 bits per heavy atom. The number of ketones is 1. The molecule has 3 aromatic rings. The first-order chi connectivity index (χ1) is 18.3. The first-order valence-corrected chi connectivity index (χ1v) is 12.1. The third kappa shape index (κ3) is 6.71. The van der Waals surface area contributed by atoms with Gasteiger partial charge in [0.15, 0.2) is 5.78 Å². The predicted molar refractivity (Wildman–Crippen MR) is 138 cm³/mol. The maximum atomic E-state index is 13.6. The summed E-state index contributed by atoms with van der Waals surface area (Å²) < 4.78 is 15.6. The van der Waals surface area contributed by atoms with Gasteiger partial charge in [-0.2, -0.15) is 4.98 Å². The molecule has 2 amide bonds. The molecule has 2 N–H and O–H groups in total. The maximum Gasteiger partial charge on any atom is 0.316 e. The van der Waals surface area contributed by atoms with Crippen LogP contribution in [0, 0.1) is 0 Å². The summed E-state index contributed by atoms with van der Waals surface area (Å²) in [4.78, 5) is 47.9. The van der Waals surface area contributed by atoms with Crippen LogP contribution in [0.5, 0.6) is 11.8 Å². The number of carbonyl (C=O) groups excluding carboxylic acids is 3. The van der Waals surface area contributed by atoms with E-state index in [1.165, 1.54) is 19.4 Å². The smallest absolute Gasteiger partial charge is 0.316 e. The molecule has 2 heterocycles. The first kappa shape index (κ1) is 26.7. The highest BCUT2D eigenvalue weighted by molar-refractivity contribution is 5.99. The normalized spacial score (nSPS) is 17.6. The van der Waals surface area contributed by atoms with Crippen molar-refractivity contribution in [1.29, 1.82) is 0 Å². The average molecular weight is 519 g/mol. The van der Waals surface area contributed by atoms with Gasteiger partial charge >= 0.3 is 6.01 Å². The number of hydrogen-bond donors (Lipinski definition) is 2. The SMILES string of the molecule is COc1ccc(CC(NC(=O)c2ccnc(OC)n2)C(=O)NC(Cc2ccccc2)C(=O)C2(C)CO2)cc1. The van der Waals surface area contributed by atoms with Crippen LogP contribution < -0.4 is 20.1 Å². The highest BCUT2D eigenvalue weighted by Gasteiger charge is 2.50. The zero-order chi connectivity index (χ0) is 27.1. The Bertz CT molecular complexity index is 1280. The summed E-state index contributed by atoms with van der Waals surface area (Å²) in [6, 6.07) is 16.2. The van der Waals surface area contributed by atoms with Crippen LogP contribution in [0.4, 0.5) is 0 Å². The second kappa shape index (κ2) is 11.8. The molecule has 1 aromatic heterocycles. The summed E-state index contributed by atoms with van der Waals surface area (Å²) >= 11 is 0. The van der Waals surface area contributed by atoms with Gasteiger partial charge in [-0.1, -0.05) is 42.5 Å². The standard InChI is InChI=1S/C28H30N4O6/c1-28(17-38-28)24(33)22(15-18-7-5-4-6-8-18)30-26(35)23(16-19-9-11-20(36-2)12-10-19)31-25(34)21-13-14-29-27(32-21)37-3/h4-14,22-23H,15-17H2,1-3H3,(H,30,35)(H,31,34).